The molecule has 0 radical (unpaired) electrons. The largest absolute Gasteiger partial charge is 0.370 e. The maximum Gasteiger partial charge on any atom is 0.221 e. The van der Waals surface area contributed by atoms with Crippen LogP contribution in [0.25, 0.3) is 0 Å². The molecule has 0 unspecified atom stereocenters. The van der Waals surface area contributed by atoms with E-state index in [9.17, 15) is 4.79 Å². The lowest BCUT2D eigenvalue weighted by Gasteiger charge is -2.08. The van der Waals surface area contributed by atoms with E-state index in [4.69, 9.17) is 5.73 Å². The van der Waals surface area contributed by atoms with Gasteiger partial charge >= 0.3 is 0 Å². The number of hydrogen-bond donors (Lipinski definition) is 3. The van der Waals surface area contributed by atoms with Crippen molar-refractivity contribution in [1.29, 1.82) is 0 Å². The van der Waals surface area contributed by atoms with Crippen molar-refractivity contribution in [3.63, 3.8) is 0 Å². The Balaban J connectivity index is 2.09. The summed E-state index contributed by atoms with van der Waals surface area (Å²) in [5.41, 5.74) is 7.13. The number of amides is 1. The number of hydrogen-bond acceptors (Lipinski definition) is 3. The van der Waals surface area contributed by atoms with Gasteiger partial charge in [0.2, 0.25) is 5.91 Å². The Morgan fingerprint density at radius 3 is 2.31 bits per heavy atom. The molecular formula is C9H11N3O. The zero-order valence-electron chi connectivity index (χ0n) is 7.08. The molecule has 1 heterocycles. The lowest BCUT2D eigenvalue weighted by atomic mass is 10.3. The average molecular weight is 177 g/mol. The van der Waals surface area contributed by atoms with Crippen LogP contribution in [0.2, 0.25) is 0 Å². The minimum atomic E-state index is -0.308. The van der Waals surface area contributed by atoms with Gasteiger partial charge in [0.15, 0.2) is 0 Å². The minimum absolute atomic E-state index is 0.0603. The molecule has 0 atom stereocenters. The summed E-state index contributed by atoms with van der Waals surface area (Å²) in [5.74, 6) is -0.308. The number of nitrogens with two attached hydrogens (primary N) is 1. The summed E-state index contributed by atoms with van der Waals surface area (Å²) in [6, 6.07) is 7.81. The molecule has 4 N–H and O–H groups in total. The number of carbonyl (C=O) groups is 1. The van der Waals surface area contributed by atoms with Crippen molar-refractivity contribution in [1.82, 2.24) is 0 Å². The van der Waals surface area contributed by atoms with Crippen LogP contribution >= 0.6 is 0 Å². The van der Waals surface area contributed by atoms with Crippen LogP contribution in [0.3, 0.4) is 0 Å². The van der Waals surface area contributed by atoms with Gasteiger partial charge in [0.05, 0.1) is 17.8 Å². The van der Waals surface area contributed by atoms with Crippen LogP contribution < -0.4 is 16.4 Å². The Labute approximate surface area is 76.1 Å². The summed E-state index contributed by atoms with van der Waals surface area (Å²) in [6.45, 7) is 0. The molecule has 0 fully saturated rings. The summed E-state index contributed by atoms with van der Waals surface area (Å²) < 4.78 is 0. The van der Waals surface area contributed by atoms with E-state index in [0.29, 0.717) is 6.42 Å². The Hall–Kier alpha value is -1.71. The minimum Gasteiger partial charge on any atom is -0.370 e. The Kier molecular flexibility index (Phi) is 1.81. The highest BCUT2D eigenvalue weighted by Gasteiger charge is 2.19. The topological polar surface area (TPSA) is 67.2 Å². The third-order valence-electron chi connectivity index (χ3n) is 1.99. The van der Waals surface area contributed by atoms with Crippen LogP contribution in [0.15, 0.2) is 24.3 Å². The molecular weight excluding hydrogens is 166 g/mol. The molecule has 68 valence electrons. The number of rotatable bonds is 2. The van der Waals surface area contributed by atoms with Gasteiger partial charge in [0.1, 0.15) is 6.17 Å². The number of nitrogens with one attached hydrogen (secondary N) is 2. The highest BCUT2D eigenvalue weighted by Crippen LogP contribution is 2.28. The Morgan fingerprint density at radius 1 is 1.31 bits per heavy atom. The fourth-order valence-corrected chi connectivity index (χ4v) is 1.45. The smallest absolute Gasteiger partial charge is 0.221 e. The van der Waals surface area contributed by atoms with Crippen LogP contribution in [0.4, 0.5) is 11.4 Å². The number of fused-ring (bicyclic) bond motifs is 1. The summed E-state index contributed by atoms with van der Waals surface area (Å²) in [4.78, 5) is 10.6. The quantitative estimate of drug-likeness (QED) is 0.623. The van der Waals surface area contributed by atoms with Gasteiger partial charge in [-0.05, 0) is 12.1 Å². The van der Waals surface area contributed by atoms with E-state index >= 15 is 0 Å². The zero-order valence-corrected chi connectivity index (χ0v) is 7.08. The van der Waals surface area contributed by atoms with Gasteiger partial charge in [0.25, 0.3) is 0 Å². The van der Waals surface area contributed by atoms with Gasteiger partial charge < -0.3 is 16.4 Å². The summed E-state index contributed by atoms with van der Waals surface area (Å²) in [5, 5.41) is 6.31. The molecule has 4 nitrogen and oxygen atoms in total. The van der Waals surface area contributed by atoms with Crippen molar-refractivity contribution in [3.8, 4) is 0 Å². The predicted octanol–water partition coefficient (Wildman–Crippen LogP) is 0.725. The number of benzene rings is 1. The Bertz CT molecular complexity index is 312. The van der Waals surface area contributed by atoms with Gasteiger partial charge in [-0.1, -0.05) is 12.1 Å². The maximum atomic E-state index is 10.6. The molecule has 0 aromatic heterocycles. The van der Waals surface area contributed by atoms with E-state index in [2.05, 4.69) is 10.6 Å². The molecule has 2 rings (SSSR count). The van der Waals surface area contributed by atoms with E-state index in [1.54, 1.807) is 0 Å². The van der Waals surface area contributed by atoms with Crippen LogP contribution in [-0.2, 0) is 4.79 Å². The van der Waals surface area contributed by atoms with Crippen LogP contribution in [0.5, 0.6) is 0 Å². The second kappa shape index (κ2) is 2.97. The van der Waals surface area contributed by atoms with E-state index in [-0.39, 0.29) is 12.1 Å². The van der Waals surface area contributed by atoms with Gasteiger partial charge in [-0.25, -0.2) is 0 Å². The standard InChI is InChI=1S/C9H11N3O/c10-8(13)5-9-11-6-3-1-2-4-7(6)12-9/h1-4,9,11-12H,5H2,(H2,10,13). The normalized spacial score (nSPS) is 14.5. The van der Waals surface area contributed by atoms with Crippen molar-refractivity contribution in [3.05, 3.63) is 24.3 Å². The van der Waals surface area contributed by atoms with Crippen molar-refractivity contribution in [2.45, 2.75) is 12.6 Å². The third kappa shape index (κ3) is 1.56. The highest BCUT2D eigenvalue weighted by atomic mass is 16.1. The molecule has 0 saturated heterocycles. The number of anilines is 2. The first-order valence-corrected chi connectivity index (χ1v) is 4.16. The molecule has 0 saturated carbocycles. The van der Waals surface area contributed by atoms with E-state index < -0.39 is 0 Å². The molecule has 13 heavy (non-hydrogen) atoms. The fourth-order valence-electron chi connectivity index (χ4n) is 1.45. The molecule has 1 aliphatic rings. The second-order valence-corrected chi connectivity index (χ2v) is 3.06. The number of carbonyl (C=O) groups excluding carboxylic acids is 1. The predicted molar refractivity (Wildman–Crippen MR) is 51.3 cm³/mol. The average Bonchev–Trinajstić information content (AvgIpc) is 2.44. The molecule has 1 aromatic rings. The lowest BCUT2D eigenvalue weighted by Crippen LogP contribution is -2.28. The van der Waals surface area contributed by atoms with Crippen LogP contribution in [0, 0.1) is 0 Å². The lowest BCUT2D eigenvalue weighted by molar-refractivity contribution is -0.118. The zero-order chi connectivity index (χ0) is 9.26. The number of para-hydroxylation sites is 2. The van der Waals surface area contributed by atoms with Gasteiger partial charge in [0, 0.05) is 0 Å². The molecule has 0 spiro atoms. The molecule has 0 bridgehead atoms. The third-order valence-corrected chi connectivity index (χ3v) is 1.99. The Morgan fingerprint density at radius 2 is 1.85 bits per heavy atom. The first kappa shape index (κ1) is 7.91. The molecule has 4 heteroatoms. The first-order valence-electron chi connectivity index (χ1n) is 4.16. The fraction of sp³-hybridized carbons (Fsp3) is 0.222. The highest BCUT2D eigenvalue weighted by molar-refractivity contribution is 5.80. The van der Waals surface area contributed by atoms with E-state index in [1.807, 2.05) is 24.3 Å². The summed E-state index contributed by atoms with van der Waals surface area (Å²) >= 11 is 0. The second-order valence-electron chi connectivity index (χ2n) is 3.06. The van der Waals surface area contributed by atoms with Gasteiger partial charge in [-0.3, -0.25) is 4.79 Å². The van der Waals surface area contributed by atoms with Gasteiger partial charge in [-0.2, -0.15) is 0 Å². The SMILES string of the molecule is NC(=O)CC1Nc2ccccc2N1. The monoisotopic (exact) mass is 177 g/mol. The van der Waals surface area contributed by atoms with E-state index in [0.717, 1.165) is 11.4 Å². The number of primary amides is 1. The molecule has 1 aromatic carbocycles. The van der Waals surface area contributed by atoms with Crippen molar-refractivity contribution in [2.24, 2.45) is 5.73 Å². The molecule has 1 amide bonds. The van der Waals surface area contributed by atoms with E-state index in [1.165, 1.54) is 0 Å². The van der Waals surface area contributed by atoms with Crippen molar-refractivity contribution >= 4 is 17.3 Å². The van der Waals surface area contributed by atoms with Gasteiger partial charge in [-0.15, -0.1) is 0 Å². The van der Waals surface area contributed by atoms with Crippen molar-refractivity contribution < 1.29 is 4.79 Å². The molecule has 0 aliphatic carbocycles. The molecule has 1 aliphatic heterocycles. The first-order chi connectivity index (χ1) is 6.25. The maximum absolute atomic E-state index is 10.6. The van der Waals surface area contributed by atoms with Crippen LogP contribution in [-0.4, -0.2) is 12.1 Å². The summed E-state index contributed by atoms with van der Waals surface area (Å²) in [6.07, 6.45) is 0.240. The summed E-state index contributed by atoms with van der Waals surface area (Å²) in [7, 11) is 0. The van der Waals surface area contributed by atoms with Crippen molar-refractivity contribution in [2.75, 3.05) is 10.6 Å². The van der Waals surface area contributed by atoms with Crippen LogP contribution in [0.1, 0.15) is 6.42 Å².